The minimum atomic E-state index is 1.09. The topological polar surface area (TPSA) is 3.24 Å². The molecule has 0 spiro atoms. The summed E-state index contributed by atoms with van der Waals surface area (Å²) in [5, 5.41) is 0. The number of nitrogens with zero attached hydrogens (tertiary/aromatic N) is 1. The van der Waals surface area contributed by atoms with Crippen molar-refractivity contribution in [1.82, 2.24) is 0 Å². The zero-order chi connectivity index (χ0) is 8.97. The monoisotopic (exact) mass is 271 g/mol. The van der Waals surface area contributed by atoms with Crippen LogP contribution in [0.4, 0.5) is 5.69 Å². The fraction of sp³-hybridized carbons (Fsp3) is 0.400. The van der Waals surface area contributed by atoms with Crippen LogP contribution in [0.25, 0.3) is 0 Å². The van der Waals surface area contributed by atoms with Crippen LogP contribution in [0.3, 0.4) is 0 Å². The summed E-state index contributed by atoms with van der Waals surface area (Å²) in [5.74, 6) is 0. The molecule has 66 valence electrons. The van der Waals surface area contributed by atoms with Gasteiger partial charge in [0, 0.05) is 0 Å². The molecule has 1 rings (SSSR count). The molecule has 12 heavy (non-hydrogen) atoms. The van der Waals surface area contributed by atoms with Gasteiger partial charge in [-0.2, -0.15) is 0 Å². The molecule has 0 fully saturated rings. The second-order valence-corrected chi connectivity index (χ2v) is 4.67. The Morgan fingerprint density at radius 1 is 1.08 bits per heavy atom. The summed E-state index contributed by atoms with van der Waals surface area (Å²) in [5.41, 5.74) is 1.35. The molecule has 0 aromatic heterocycles. The fourth-order valence-electron chi connectivity index (χ4n) is 1.27. The van der Waals surface area contributed by atoms with E-state index in [-0.39, 0.29) is 0 Å². The Labute approximate surface area is 88.3 Å². The van der Waals surface area contributed by atoms with Crippen molar-refractivity contribution in [2.75, 3.05) is 18.0 Å². The molecule has 0 saturated carbocycles. The maximum atomic E-state index is 2.36. The summed E-state index contributed by atoms with van der Waals surface area (Å²) in [4.78, 5) is 2.36. The van der Waals surface area contributed by atoms with Crippen LogP contribution >= 0.6 is 0 Å². The van der Waals surface area contributed by atoms with Crippen molar-refractivity contribution < 1.29 is 0 Å². The predicted octanol–water partition coefficient (Wildman–Crippen LogP) is 0.791. The third kappa shape index (κ3) is 2.42. The van der Waals surface area contributed by atoms with Gasteiger partial charge in [0.1, 0.15) is 0 Å². The molecule has 0 amide bonds. The summed E-state index contributed by atoms with van der Waals surface area (Å²) in [6, 6.07) is 8.87. The van der Waals surface area contributed by atoms with E-state index in [1.54, 1.807) is 0 Å². The molecule has 1 nitrogen and oxygen atoms in total. The summed E-state index contributed by atoms with van der Waals surface area (Å²) in [6.45, 7) is 6.57. The van der Waals surface area contributed by atoms with Crippen molar-refractivity contribution in [2.24, 2.45) is 0 Å². The van der Waals surface area contributed by atoms with Crippen LogP contribution in [0.2, 0.25) is 0 Å². The van der Waals surface area contributed by atoms with E-state index >= 15 is 0 Å². The van der Waals surface area contributed by atoms with Gasteiger partial charge in [-0.15, -0.1) is 0 Å². The minimum absolute atomic E-state index is 1.09. The van der Waals surface area contributed by atoms with Gasteiger partial charge in [0.25, 0.3) is 0 Å². The van der Waals surface area contributed by atoms with Crippen LogP contribution in [0.5, 0.6) is 0 Å². The Kier molecular flexibility index (Phi) is 3.94. The number of benzene rings is 1. The molecule has 1 aromatic carbocycles. The Balaban J connectivity index is 2.80. The molecule has 0 N–H and O–H groups in total. The van der Waals surface area contributed by atoms with Gasteiger partial charge < -0.3 is 0 Å². The molecule has 2 heteroatoms. The van der Waals surface area contributed by atoms with E-state index in [4.69, 9.17) is 0 Å². The normalized spacial score (nSPS) is 9.92. The molecule has 0 aliphatic heterocycles. The van der Waals surface area contributed by atoms with Gasteiger partial charge in [0.15, 0.2) is 0 Å². The summed E-state index contributed by atoms with van der Waals surface area (Å²) >= 11 is 1.21. The van der Waals surface area contributed by atoms with Gasteiger partial charge in [0.05, 0.1) is 0 Å². The van der Waals surface area contributed by atoms with Crippen molar-refractivity contribution in [1.29, 1.82) is 0 Å². The predicted molar refractivity (Wildman–Crippen MR) is 58.2 cm³/mol. The standard InChI is InChI=1S/C10H14N.Sb.2H/c1-3-11(4-2)10-8-6-5-7-9-10;;;/h6-9H,3-4H2,1-2H3;;;. The van der Waals surface area contributed by atoms with Crippen LogP contribution in [0, 0.1) is 0 Å². The van der Waals surface area contributed by atoms with Crippen LogP contribution in [0.1, 0.15) is 13.8 Å². The van der Waals surface area contributed by atoms with Gasteiger partial charge in [-0.05, 0) is 0 Å². The fourth-order valence-corrected chi connectivity index (χ4v) is 1.82. The number of hydrogen-bond acceptors (Lipinski definition) is 1. The van der Waals surface area contributed by atoms with E-state index in [9.17, 15) is 0 Å². The first-order chi connectivity index (χ1) is 5.77. The van der Waals surface area contributed by atoms with Gasteiger partial charge in [0.2, 0.25) is 0 Å². The van der Waals surface area contributed by atoms with E-state index in [1.165, 1.54) is 32.2 Å². The zero-order valence-electron chi connectivity index (χ0n) is 7.75. The molecule has 0 saturated heterocycles. The van der Waals surface area contributed by atoms with Gasteiger partial charge in [-0.3, -0.25) is 0 Å². The van der Waals surface area contributed by atoms with Crippen molar-refractivity contribution in [3.05, 3.63) is 24.3 Å². The second kappa shape index (κ2) is 4.76. The molecule has 0 bridgehead atoms. The molecular formula is C10H16NSb. The van der Waals surface area contributed by atoms with E-state index in [1.807, 2.05) is 0 Å². The van der Waals surface area contributed by atoms with E-state index < -0.39 is 0 Å². The molecule has 0 unspecified atom stereocenters. The summed E-state index contributed by atoms with van der Waals surface area (Å²) < 4.78 is 1.45. The van der Waals surface area contributed by atoms with E-state index in [0.717, 1.165) is 13.1 Å². The van der Waals surface area contributed by atoms with Gasteiger partial charge in [-0.1, -0.05) is 0 Å². The molecule has 0 aliphatic rings. The van der Waals surface area contributed by atoms with Crippen molar-refractivity contribution in [2.45, 2.75) is 13.8 Å². The van der Waals surface area contributed by atoms with Gasteiger partial charge in [-0.25, -0.2) is 0 Å². The first kappa shape index (κ1) is 9.92. The Bertz CT molecular complexity index is 226. The van der Waals surface area contributed by atoms with E-state index in [0.29, 0.717) is 0 Å². The quantitative estimate of drug-likeness (QED) is 0.735. The molecule has 0 radical (unpaired) electrons. The van der Waals surface area contributed by atoms with Crippen molar-refractivity contribution >= 4 is 32.2 Å². The van der Waals surface area contributed by atoms with Crippen LogP contribution in [-0.4, -0.2) is 36.1 Å². The molecule has 0 aliphatic carbocycles. The third-order valence-electron chi connectivity index (χ3n) is 2.02. The van der Waals surface area contributed by atoms with Crippen LogP contribution in [0.15, 0.2) is 24.3 Å². The SMILES string of the molecule is CCN(CC)c1cc[c]([SbH2])cc1. The van der Waals surface area contributed by atoms with Crippen LogP contribution in [-0.2, 0) is 0 Å². The molecular weight excluding hydrogens is 256 g/mol. The third-order valence-corrected chi connectivity index (χ3v) is 3.12. The van der Waals surface area contributed by atoms with Crippen LogP contribution < -0.4 is 8.41 Å². The molecule has 1 aromatic rings. The number of anilines is 1. The average Bonchev–Trinajstić information content (AvgIpc) is 2.10. The van der Waals surface area contributed by atoms with E-state index in [2.05, 4.69) is 43.0 Å². The summed E-state index contributed by atoms with van der Waals surface area (Å²) in [7, 11) is 0. The maximum absolute atomic E-state index is 2.36. The Morgan fingerprint density at radius 3 is 2.00 bits per heavy atom. The second-order valence-electron chi connectivity index (χ2n) is 2.76. The Morgan fingerprint density at radius 2 is 1.58 bits per heavy atom. The summed E-state index contributed by atoms with van der Waals surface area (Å²) in [6.07, 6.45) is 0. The first-order valence-electron chi connectivity index (χ1n) is 4.38. The number of rotatable bonds is 3. The zero-order valence-corrected chi connectivity index (χ0v) is 11.0. The molecule has 0 heterocycles. The van der Waals surface area contributed by atoms with Gasteiger partial charge >= 0.3 is 88.3 Å². The number of hydrogen-bond donors (Lipinski definition) is 0. The first-order valence-corrected chi connectivity index (χ1v) is 6.03. The Hall–Kier alpha value is -0.162. The average molecular weight is 272 g/mol. The van der Waals surface area contributed by atoms with Crippen molar-refractivity contribution in [3.63, 3.8) is 0 Å². The van der Waals surface area contributed by atoms with Crippen molar-refractivity contribution in [3.8, 4) is 0 Å². The molecule has 0 atom stereocenters.